The van der Waals surface area contributed by atoms with Crippen LogP contribution in [0, 0.1) is 23.2 Å². The molecule has 1 aromatic rings. The van der Waals surface area contributed by atoms with Crippen LogP contribution in [0.25, 0.3) is 6.20 Å². The van der Waals surface area contributed by atoms with Gasteiger partial charge in [0.2, 0.25) is 11.8 Å². The first kappa shape index (κ1) is 26.2. The molecule has 2 atom stereocenters. The molecule has 198 valence electrons. The van der Waals surface area contributed by atoms with Crippen molar-refractivity contribution < 1.29 is 27.6 Å². The summed E-state index contributed by atoms with van der Waals surface area (Å²) in [4.78, 5) is 36.0. The Morgan fingerprint density at radius 2 is 1.75 bits per heavy atom. The van der Waals surface area contributed by atoms with E-state index in [0.717, 1.165) is 44.5 Å². The fourth-order valence-electron chi connectivity index (χ4n) is 6.86. The van der Waals surface area contributed by atoms with Gasteiger partial charge in [-0.05, 0) is 75.2 Å². The van der Waals surface area contributed by atoms with Crippen LogP contribution in [0.2, 0.25) is 0 Å². The Hall–Kier alpha value is -2.85. The predicted molar refractivity (Wildman–Crippen MR) is 126 cm³/mol. The van der Waals surface area contributed by atoms with Crippen LogP contribution in [0.5, 0.6) is 0 Å². The number of alkyl halides is 3. The highest BCUT2D eigenvalue weighted by atomic mass is 19.4. The maximum Gasteiger partial charge on any atom is 0.434 e. The maximum atomic E-state index is 14.0. The monoisotopic (exact) mass is 509 g/mol. The molecular weight excluding hydrogens is 475 g/mol. The van der Waals surface area contributed by atoms with Crippen molar-refractivity contribution in [3.63, 3.8) is 0 Å². The van der Waals surface area contributed by atoms with Crippen molar-refractivity contribution in [2.75, 3.05) is 6.54 Å². The minimum atomic E-state index is -4.81. The quantitative estimate of drug-likeness (QED) is 0.524. The van der Waals surface area contributed by atoms with Crippen molar-refractivity contribution in [2.45, 2.75) is 77.6 Å². The molecule has 4 saturated carbocycles. The third-order valence-corrected chi connectivity index (χ3v) is 7.85. The van der Waals surface area contributed by atoms with E-state index in [1.165, 1.54) is 19.9 Å². The lowest BCUT2D eigenvalue weighted by Gasteiger charge is -2.60. The molecule has 11 heteroatoms. The van der Waals surface area contributed by atoms with Crippen LogP contribution >= 0.6 is 0 Å². The van der Waals surface area contributed by atoms with Gasteiger partial charge in [-0.25, -0.2) is 4.68 Å². The van der Waals surface area contributed by atoms with Crippen LogP contribution in [0.3, 0.4) is 0 Å². The second kappa shape index (κ2) is 9.23. The summed E-state index contributed by atoms with van der Waals surface area (Å²) in [6.45, 7) is 6.70. The molecule has 8 nitrogen and oxygen atoms in total. The number of hydrogen-bond acceptors (Lipinski definition) is 4. The van der Waals surface area contributed by atoms with E-state index in [4.69, 9.17) is 0 Å². The summed E-state index contributed by atoms with van der Waals surface area (Å²) >= 11 is 0. The van der Waals surface area contributed by atoms with E-state index in [0.29, 0.717) is 17.1 Å². The Balaban J connectivity index is 1.53. The highest BCUT2D eigenvalue weighted by Gasteiger charge is 2.55. The van der Waals surface area contributed by atoms with Crippen molar-refractivity contribution in [2.24, 2.45) is 23.2 Å². The van der Waals surface area contributed by atoms with Crippen molar-refractivity contribution >= 4 is 23.9 Å². The minimum Gasteiger partial charge on any atom is -0.356 e. The highest BCUT2D eigenvalue weighted by Crippen LogP contribution is 2.59. The molecule has 4 aliphatic carbocycles. The molecule has 1 aromatic heterocycles. The number of aromatic nitrogens is 2. The molecule has 4 aliphatic rings. The van der Waals surface area contributed by atoms with Crippen LogP contribution in [-0.4, -0.2) is 45.6 Å². The lowest BCUT2D eigenvalue weighted by Crippen LogP contribution is -2.61. The molecule has 36 heavy (non-hydrogen) atoms. The number of nitrogens with one attached hydrogen (secondary N) is 3. The predicted octanol–water partition coefficient (Wildman–Crippen LogP) is 3.35. The summed E-state index contributed by atoms with van der Waals surface area (Å²) in [6.07, 6.45) is 3.27. The largest absolute Gasteiger partial charge is 0.434 e. The minimum absolute atomic E-state index is 0.0108. The summed E-state index contributed by atoms with van der Waals surface area (Å²) < 4.78 is 42.7. The van der Waals surface area contributed by atoms with E-state index < -0.39 is 28.9 Å². The first-order chi connectivity index (χ1) is 16.7. The fourth-order valence-corrected chi connectivity index (χ4v) is 6.86. The molecule has 0 aliphatic heterocycles. The van der Waals surface area contributed by atoms with Crippen LogP contribution in [0.1, 0.15) is 75.9 Å². The maximum absolute atomic E-state index is 14.0. The molecule has 4 bridgehead atoms. The van der Waals surface area contributed by atoms with Gasteiger partial charge in [-0.15, -0.1) is 0 Å². The van der Waals surface area contributed by atoms with Crippen LogP contribution in [0.15, 0.2) is 12.3 Å². The van der Waals surface area contributed by atoms with Gasteiger partial charge in [0.05, 0.1) is 17.3 Å². The number of carbonyl (C=O) groups is 3. The third kappa shape index (κ3) is 5.44. The van der Waals surface area contributed by atoms with Gasteiger partial charge in [0.1, 0.15) is 0 Å². The Labute approximate surface area is 208 Å². The average Bonchev–Trinajstić information content (AvgIpc) is 3.17. The zero-order valence-corrected chi connectivity index (χ0v) is 21.0. The van der Waals surface area contributed by atoms with Gasteiger partial charge >= 0.3 is 6.18 Å². The summed E-state index contributed by atoms with van der Waals surface area (Å²) in [5.41, 5.74) is -2.57. The Bertz CT molecular complexity index is 1060. The molecule has 3 amide bonds. The fraction of sp³-hybridized carbons (Fsp3) is 0.680. The lowest BCUT2D eigenvalue weighted by atomic mass is 9.48. The van der Waals surface area contributed by atoms with E-state index >= 15 is 0 Å². The highest BCUT2D eigenvalue weighted by molar-refractivity contribution is 5.95. The van der Waals surface area contributed by atoms with Crippen LogP contribution in [0.4, 0.5) is 13.2 Å². The molecule has 0 aromatic carbocycles. The first-order valence-corrected chi connectivity index (χ1v) is 12.4. The molecule has 2 unspecified atom stereocenters. The Morgan fingerprint density at radius 3 is 2.31 bits per heavy atom. The first-order valence-electron chi connectivity index (χ1n) is 12.4. The van der Waals surface area contributed by atoms with Gasteiger partial charge in [-0.1, -0.05) is 0 Å². The van der Waals surface area contributed by atoms with Crippen LogP contribution < -0.4 is 16.0 Å². The van der Waals surface area contributed by atoms with Gasteiger partial charge in [-0.3, -0.25) is 14.4 Å². The summed E-state index contributed by atoms with van der Waals surface area (Å²) in [6, 6.07) is -0.196. The Morgan fingerprint density at radius 1 is 1.11 bits per heavy atom. The smallest absolute Gasteiger partial charge is 0.356 e. The summed E-state index contributed by atoms with van der Waals surface area (Å²) in [7, 11) is 0. The average molecular weight is 510 g/mol. The number of rotatable bonds is 7. The van der Waals surface area contributed by atoms with E-state index in [1.807, 2.05) is 0 Å². The summed E-state index contributed by atoms with van der Waals surface area (Å²) in [5.74, 6) is -0.294. The lowest BCUT2D eigenvalue weighted by molar-refractivity contribution is -0.143. The van der Waals surface area contributed by atoms with Crippen molar-refractivity contribution in [3.8, 4) is 0 Å². The van der Waals surface area contributed by atoms with E-state index in [9.17, 15) is 27.6 Å². The Kier molecular flexibility index (Phi) is 6.72. The van der Waals surface area contributed by atoms with Gasteiger partial charge in [0.25, 0.3) is 5.91 Å². The van der Waals surface area contributed by atoms with Gasteiger partial charge in [0, 0.05) is 32.6 Å². The topological polar surface area (TPSA) is 105 Å². The van der Waals surface area contributed by atoms with Crippen molar-refractivity contribution in [3.05, 3.63) is 23.5 Å². The molecule has 4 fully saturated rings. The van der Waals surface area contributed by atoms with E-state index in [-0.39, 0.29) is 35.1 Å². The number of carbonyl (C=O) groups excluding carboxylic acids is 3. The zero-order valence-electron chi connectivity index (χ0n) is 21.0. The summed E-state index contributed by atoms with van der Waals surface area (Å²) in [5, 5.41) is 12.3. The van der Waals surface area contributed by atoms with Gasteiger partial charge in [0.15, 0.2) is 5.69 Å². The molecule has 0 spiro atoms. The van der Waals surface area contributed by atoms with Gasteiger partial charge < -0.3 is 16.0 Å². The molecule has 5 rings (SSSR count). The van der Waals surface area contributed by atoms with Gasteiger partial charge in [-0.2, -0.15) is 18.3 Å². The number of halogens is 3. The zero-order chi connectivity index (χ0) is 26.5. The SMILES string of the molecule is CC(=O)NCC12CC3CC(C1)C(NC(=O)c1cnn(/C=C/C(C)(C)NC(C)=O)c1C(F)(F)F)C(C3)C2. The van der Waals surface area contributed by atoms with Crippen LogP contribution in [-0.2, 0) is 15.8 Å². The molecule has 3 N–H and O–H groups in total. The van der Waals surface area contributed by atoms with Crippen molar-refractivity contribution in [1.29, 1.82) is 0 Å². The number of amides is 3. The molecule has 0 saturated heterocycles. The number of hydrogen-bond donors (Lipinski definition) is 3. The van der Waals surface area contributed by atoms with E-state index in [1.54, 1.807) is 13.8 Å². The van der Waals surface area contributed by atoms with E-state index in [2.05, 4.69) is 21.0 Å². The normalized spacial score (nSPS) is 29.4. The molecule has 1 heterocycles. The molecular formula is C25H34F3N5O3. The number of nitrogens with zero attached hydrogens (tertiary/aromatic N) is 2. The molecule has 0 radical (unpaired) electrons. The standard InChI is InChI=1S/C25H34F3N5O3/c1-14(34)29-13-24-9-16-7-17(10-24)20(18(8-16)11-24)31-22(36)19-12-30-33(21(19)25(26,27)28)6-5-23(3,4)32-15(2)35/h5-6,12,16-18,20H,7-11,13H2,1-4H3,(H,29,34)(H,31,36)(H,32,35)/b6-5+. The second-order valence-electron chi connectivity index (χ2n) is 11.4. The third-order valence-electron chi connectivity index (χ3n) is 7.85. The van der Waals surface area contributed by atoms with Crippen molar-refractivity contribution in [1.82, 2.24) is 25.7 Å². The second-order valence-corrected chi connectivity index (χ2v) is 11.4.